The lowest BCUT2D eigenvalue weighted by atomic mass is 10.4. The van der Waals surface area contributed by atoms with Gasteiger partial charge < -0.3 is 9.67 Å². The van der Waals surface area contributed by atoms with Crippen LogP contribution in [0.15, 0.2) is 24.7 Å². The number of hydrogen-bond acceptors (Lipinski definition) is 3. The molecule has 0 spiro atoms. The number of aromatic nitrogens is 3. The SMILES string of the molecule is O=C(O)c1ccn(-c2nc(Cl)ncc2Cl)c1. The van der Waals surface area contributed by atoms with Crippen LogP contribution in [0.3, 0.4) is 0 Å². The number of carboxylic acid groups (broad SMARTS) is 1. The van der Waals surface area contributed by atoms with Crippen LogP contribution >= 0.6 is 23.2 Å². The molecule has 82 valence electrons. The quantitative estimate of drug-likeness (QED) is 0.839. The highest BCUT2D eigenvalue weighted by Crippen LogP contribution is 2.19. The van der Waals surface area contributed by atoms with E-state index in [0.717, 1.165) is 0 Å². The van der Waals surface area contributed by atoms with Gasteiger partial charge in [-0.05, 0) is 17.7 Å². The van der Waals surface area contributed by atoms with Gasteiger partial charge in [-0.1, -0.05) is 11.6 Å². The van der Waals surface area contributed by atoms with Gasteiger partial charge in [-0.3, -0.25) is 0 Å². The summed E-state index contributed by atoms with van der Waals surface area (Å²) in [5, 5.41) is 9.10. The Morgan fingerprint density at radius 3 is 2.81 bits per heavy atom. The first kappa shape index (κ1) is 10.9. The number of rotatable bonds is 2. The van der Waals surface area contributed by atoms with E-state index in [1.807, 2.05) is 0 Å². The van der Waals surface area contributed by atoms with Crippen LogP contribution in [0.4, 0.5) is 0 Å². The van der Waals surface area contributed by atoms with E-state index < -0.39 is 5.97 Å². The van der Waals surface area contributed by atoms with E-state index in [0.29, 0.717) is 5.82 Å². The molecular formula is C9H5Cl2N3O2. The van der Waals surface area contributed by atoms with Crippen molar-refractivity contribution in [2.24, 2.45) is 0 Å². The molecule has 7 heteroatoms. The molecule has 0 aliphatic carbocycles. The summed E-state index contributed by atoms with van der Waals surface area (Å²) in [5.41, 5.74) is 0.144. The van der Waals surface area contributed by atoms with E-state index in [1.165, 1.54) is 29.2 Å². The lowest BCUT2D eigenvalue weighted by molar-refractivity contribution is 0.0697. The number of halogens is 2. The van der Waals surface area contributed by atoms with Crippen molar-refractivity contribution >= 4 is 29.2 Å². The molecule has 0 saturated carbocycles. The zero-order valence-electron chi connectivity index (χ0n) is 7.76. The highest BCUT2D eigenvalue weighted by molar-refractivity contribution is 6.32. The molecule has 0 saturated heterocycles. The maximum atomic E-state index is 10.7. The largest absolute Gasteiger partial charge is 0.478 e. The minimum absolute atomic E-state index is 0.0463. The standard InChI is InChI=1S/C9H5Cl2N3O2/c10-6-3-12-9(11)13-7(6)14-2-1-5(4-14)8(15)16/h1-4H,(H,15,16). The summed E-state index contributed by atoms with van der Waals surface area (Å²) < 4.78 is 1.47. The Balaban J connectivity index is 2.50. The zero-order valence-corrected chi connectivity index (χ0v) is 9.27. The fraction of sp³-hybridized carbons (Fsp3) is 0. The Morgan fingerprint density at radius 2 is 2.19 bits per heavy atom. The summed E-state index contributed by atoms with van der Waals surface area (Å²) in [4.78, 5) is 18.3. The third kappa shape index (κ3) is 2.00. The maximum Gasteiger partial charge on any atom is 0.337 e. The van der Waals surface area contributed by atoms with E-state index in [2.05, 4.69) is 9.97 Å². The number of carbonyl (C=O) groups is 1. The van der Waals surface area contributed by atoms with Gasteiger partial charge in [-0.15, -0.1) is 0 Å². The molecule has 0 unspecified atom stereocenters. The number of nitrogens with zero attached hydrogens (tertiary/aromatic N) is 3. The first-order valence-corrected chi connectivity index (χ1v) is 4.93. The highest BCUT2D eigenvalue weighted by atomic mass is 35.5. The van der Waals surface area contributed by atoms with Gasteiger partial charge in [0.15, 0.2) is 5.82 Å². The van der Waals surface area contributed by atoms with Gasteiger partial charge in [0.25, 0.3) is 0 Å². The molecule has 0 amide bonds. The monoisotopic (exact) mass is 257 g/mol. The van der Waals surface area contributed by atoms with E-state index in [4.69, 9.17) is 28.3 Å². The van der Waals surface area contributed by atoms with Gasteiger partial charge in [-0.2, -0.15) is 4.98 Å². The molecule has 16 heavy (non-hydrogen) atoms. The Bertz CT molecular complexity index is 553. The predicted molar refractivity (Wildman–Crippen MR) is 58.3 cm³/mol. The second-order valence-electron chi connectivity index (χ2n) is 2.92. The van der Waals surface area contributed by atoms with Crippen LogP contribution in [0.1, 0.15) is 10.4 Å². The molecular weight excluding hydrogens is 253 g/mol. The molecule has 0 atom stereocenters. The minimum Gasteiger partial charge on any atom is -0.478 e. The molecule has 0 bridgehead atoms. The van der Waals surface area contributed by atoms with Crippen LogP contribution in [-0.4, -0.2) is 25.6 Å². The van der Waals surface area contributed by atoms with Crippen molar-refractivity contribution < 1.29 is 9.90 Å². The first-order chi connectivity index (χ1) is 7.58. The van der Waals surface area contributed by atoms with Crippen molar-refractivity contribution in [3.05, 3.63) is 40.5 Å². The molecule has 1 N–H and O–H groups in total. The van der Waals surface area contributed by atoms with Crippen molar-refractivity contribution in [2.45, 2.75) is 0 Å². The molecule has 0 fully saturated rings. The van der Waals surface area contributed by atoms with Crippen molar-refractivity contribution in [1.82, 2.24) is 14.5 Å². The molecule has 0 aliphatic heterocycles. The predicted octanol–water partition coefficient (Wildman–Crippen LogP) is 2.27. The zero-order chi connectivity index (χ0) is 11.7. The van der Waals surface area contributed by atoms with E-state index in [1.54, 1.807) is 0 Å². The Morgan fingerprint density at radius 1 is 1.44 bits per heavy atom. The Labute approximate surface area is 100 Å². The average molecular weight is 258 g/mol. The van der Waals surface area contributed by atoms with Crippen LogP contribution in [-0.2, 0) is 0 Å². The lowest BCUT2D eigenvalue weighted by Crippen LogP contribution is -1.98. The van der Waals surface area contributed by atoms with Crippen LogP contribution in [0, 0.1) is 0 Å². The smallest absolute Gasteiger partial charge is 0.337 e. The molecule has 2 aromatic heterocycles. The van der Waals surface area contributed by atoms with Gasteiger partial charge in [-0.25, -0.2) is 9.78 Å². The summed E-state index contributed by atoms with van der Waals surface area (Å²) >= 11 is 11.5. The molecule has 5 nitrogen and oxygen atoms in total. The van der Waals surface area contributed by atoms with Crippen molar-refractivity contribution in [2.75, 3.05) is 0 Å². The molecule has 2 aromatic rings. The van der Waals surface area contributed by atoms with Crippen LogP contribution in [0.25, 0.3) is 5.82 Å². The third-order valence-electron chi connectivity index (χ3n) is 1.88. The van der Waals surface area contributed by atoms with Crippen molar-refractivity contribution in [1.29, 1.82) is 0 Å². The second kappa shape index (κ2) is 4.11. The van der Waals surface area contributed by atoms with Crippen LogP contribution in [0.5, 0.6) is 0 Å². The van der Waals surface area contributed by atoms with Crippen LogP contribution in [0.2, 0.25) is 10.3 Å². The molecule has 2 heterocycles. The Hall–Kier alpha value is -1.59. The van der Waals surface area contributed by atoms with Gasteiger partial charge in [0, 0.05) is 12.4 Å². The van der Waals surface area contributed by atoms with Crippen LogP contribution < -0.4 is 0 Å². The second-order valence-corrected chi connectivity index (χ2v) is 3.67. The highest BCUT2D eigenvalue weighted by Gasteiger charge is 2.10. The molecule has 0 aliphatic rings. The average Bonchev–Trinajstić information content (AvgIpc) is 2.70. The normalized spacial score (nSPS) is 10.4. The summed E-state index contributed by atoms with van der Waals surface area (Å²) in [6, 6.07) is 1.44. The number of aromatic carboxylic acids is 1. The third-order valence-corrected chi connectivity index (χ3v) is 2.33. The number of carboxylic acids is 1. The summed E-state index contributed by atoms with van der Waals surface area (Å²) in [6.07, 6.45) is 4.29. The maximum absolute atomic E-state index is 10.7. The molecule has 0 aromatic carbocycles. The van der Waals surface area contributed by atoms with Gasteiger partial charge >= 0.3 is 5.97 Å². The Kier molecular flexibility index (Phi) is 2.80. The van der Waals surface area contributed by atoms with E-state index >= 15 is 0 Å². The first-order valence-electron chi connectivity index (χ1n) is 4.17. The topological polar surface area (TPSA) is 68.0 Å². The van der Waals surface area contributed by atoms with Gasteiger partial charge in [0.05, 0.1) is 11.8 Å². The van der Waals surface area contributed by atoms with E-state index in [9.17, 15) is 4.79 Å². The minimum atomic E-state index is -1.02. The van der Waals surface area contributed by atoms with E-state index in [-0.39, 0.29) is 15.9 Å². The molecule has 0 radical (unpaired) electrons. The van der Waals surface area contributed by atoms with Crippen molar-refractivity contribution in [3.63, 3.8) is 0 Å². The van der Waals surface area contributed by atoms with Gasteiger partial charge in [0.2, 0.25) is 5.28 Å². The van der Waals surface area contributed by atoms with Crippen molar-refractivity contribution in [3.8, 4) is 5.82 Å². The fourth-order valence-electron chi connectivity index (χ4n) is 1.17. The molecule has 2 rings (SSSR count). The lowest BCUT2D eigenvalue weighted by Gasteiger charge is -2.03. The summed E-state index contributed by atoms with van der Waals surface area (Å²) in [6.45, 7) is 0. The fourth-order valence-corrected chi connectivity index (χ4v) is 1.49. The summed E-state index contributed by atoms with van der Waals surface area (Å²) in [5.74, 6) is -0.677. The number of hydrogen-bond donors (Lipinski definition) is 1. The summed E-state index contributed by atoms with van der Waals surface area (Å²) in [7, 11) is 0. The van der Waals surface area contributed by atoms with Gasteiger partial charge in [0.1, 0.15) is 5.02 Å².